The molecule has 0 fully saturated rings. The van der Waals surface area contributed by atoms with Crippen molar-refractivity contribution in [1.82, 2.24) is 4.98 Å². The number of benzene rings is 2. The number of nitriles is 1. The third kappa shape index (κ3) is 3.48. The number of aromatic amines is 1. The van der Waals surface area contributed by atoms with Crippen molar-refractivity contribution in [3.63, 3.8) is 0 Å². The fourth-order valence-corrected chi connectivity index (χ4v) is 2.97. The lowest BCUT2D eigenvalue weighted by molar-refractivity contribution is -0.114. The monoisotopic (exact) mass is 333 g/mol. The minimum atomic E-state index is -0.0971. The first kappa shape index (κ1) is 16.6. The van der Waals surface area contributed by atoms with E-state index in [2.05, 4.69) is 16.4 Å². The van der Waals surface area contributed by atoms with E-state index < -0.39 is 0 Å². The molecule has 0 aliphatic carbocycles. The number of anilines is 1. The van der Waals surface area contributed by atoms with Crippen LogP contribution in [0.25, 0.3) is 22.2 Å². The lowest BCUT2D eigenvalue weighted by Crippen LogP contribution is -2.05. The van der Waals surface area contributed by atoms with Gasteiger partial charge in [0.2, 0.25) is 5.91 Å². The fourth-order valence-electron chi connectivity index (χ4n) is 2.97. The van der Waals surface area contributed by atoms with Crippen LogP contribution in [0.1, 0.15) is 18.9 Å². The van der Waals surface area contributed by atoms with Crippen LogP contribution in [0.2, 0.25) is 0 Å². The van der Waals surface area contributed by atoms with E-state index in [1.807, 2.05) is 42.5 Å². The number of hydrogen-bond acceptors (Lipinski definition) is 3. The smallest absolute Gasteiger partial charge is 0.221 e. The summed E-state index contributed by atoms with van der Waals surface area (Å²) in [6.07, 6.45) is 1.13. The lowest BCUT2D eigenvalue weighted by Gasteiger charge is -2.06. The Hall–Kier alpha value is -3.26. The molecule has 0 unspecified atom stereocenters. The maximum atomic E-state index is 11.2. The highest BCUT2D eigenvalue weighted by Crippen LogP contribution is 2.33. The summed E-state index contributed by atoms with van der Waals surface area (Å²) in [5.74, 6) is 0.688. The number of aromatic nitrogens is 1. The standard InChI is InChI=1S/C20H19N3O2/c1-13(24)22-15-7-5-14(6-8-15)20-18(4-3-11-21)17-10-9-16(25-2)12-19(17)23-20/h5-10,12,23H,3-4H2,1-2H3,(H,22,24). The van der Waals surface area contributed by atoms with Gasteiger partial charge in [0.05, 0.1) is 13.2 Å². The van der Waals surface area contributed by atoms with Crippen molar-refractivity contribution in [3.8, 4) is 23.1 Å². The number of ether oxygens (including phenoxy) is 1. The second kappa shape index (κ2) is 7.10. The van der Waals surface area contributed by atoms with Gasteiger partial charge in [-0.25, -0.2) is 0 Å². The number of carbonyl (C=O) groups is 1. The van der Waals surface area contributed by atoms with Crippen LogP contribution >= 0.6 is 0 Å². The Balaban J connectivity index is 2.07. The quantitative estimate of drug-likeness (QED) is 0.732. The highest BCUT2D eigenvalue weighted by atomic mass is 16.5. The van der Waals surface area contributed by atoms with Gasteiger partial charge in [-0.3, -0.25) is 4.79 Å². The second-order valence-corrected chi connectivity index (χ2v) is 5.81. The van der Waals surface area contributed by atoms with Crippen molar-refractivity contribution in [2.24, 2.45) is 0 Å². The molecular formula is C20H19N3O2. The molecule has 0 bridgehead atoms. The first-order valence-corrected chi connectivity index (χ1v) is 8.06. The predicted octanol–water partition coefficient (Wildman–Crippen LogP) is 4.26. The van der Waals surface area contributed by atoms with Gasteiger partial charge in [-0.15, -0.1) is 0 Å². The highest BCUT2D eigenvalue weighted by Gasteiger charge is 2.14. The van der Waals surface area contributed by atoms with Gasteiger partial charge in [0.1, 0.15) is 5.75 Å². The number of methoxy groups -OCH3 is 1. The number of amides is 1. The van der Waals surface area contributed by atoms with Gasteiger partial charge in [0.25, 0.3) is 0 Å². The summed E-state index contributed by atoms with van der Waals surface area (Å²) in [4.78, 5) is 14.6. The molecule has 3 rings (SSSR count). The third-order valence-corrected chi connectivity index (χ3v) is 4.09. The average Bonchev–Trinajstić information content (AvgIpc) is 2.97. The van der Waals surface area contributed by atoms with Gasteiger partial charge in [-0.2, -0.15) is 5.26 Å². The number of fused-ring (bicyclic) bond motifs is 1. The number of nitrogens with one attached hydrogen (secondary N) is 2. The summed E-state index contributed by atoms with van der Waals surface area (Å²) < 4.78 is 5.30. The molecule has 1 aromatic heterocycles. The summed E-state index contributed by atoms with van der Waals surface area (Å²) in [7, 11) is 1.64. The Morgan fingerprint density at radius 2 is 2.00 bits per heavy atom. The first-order valence-electron chi connectivity index (χ1n) is 8.06. The minimum absolute atomic E-state index is 0.0971. The molecule has 0 spiro atoms. The topological polar surface area (TPSA) is 77.9 Å². The maximum absolute atomic E-state index is 11.2. The minimum Gasteiger partial charge on any atom is -0.497 e. The van der Waals surface area contributed by atoms with Gasteiger partial charge in [0, 0.05) is 41.7 Å². The van der Waals surface area contributed by atoms with Crippen molar-refractivity contribution in [2.45, 2.75) is 19.8 Å². The van der Waals surface area contributed by atoms with Gasteiger partial charge in [-0.05, 0) is 41.8 Å². The van der Waals surface area contributed by atoms with Crippen LogP contribution < -0.4 is 10.1 Å². The van der Waals surface area contributed by atoms with E-state index in [9.17, 15) is 4.79 Å². The van der Waals surface area contributed by atoms with Crippen LogP contribution in [0, 0.1) is 11.3 Å². The number of nitrogens with zero attached hydrogens (tertiary/aromatic N) is 1. The summed E-state index contributed by atoms with van der Waals surface area (Å²) in [6.45, 7) is 1.49. The van der Waals surface area contributed by atoms with E-state index in [0.29, 0.717) is 12.8 Å². The van der Waals surface area contributed by atoms with Crippen molar-refractivity contribution in [2.75, 3.05) is 12.4 Å². The number of carbonyl (C=O) groups excluding carboxylic acids is 1. The van der Waals surface area contributed by atoms with Crippen molar-refractivity contribution < 1.29 is 9.53 Å². The van der Waals surface area contributed by atoms with Crippen LogP contribution in [-0.4, -0.2) is 18.0 Å². The molecule has 25 heavy (non-hydrogen) atoms. The predicted molar refractivity (Wildman–Crippen MR) is 98.5 cm³/mol. The van der Waals surface area contributed by atoms with E-state index in [-0.39, 0.29) is 5.91 Å². The number of aryl methyl sites for hydroxylation is 1. The number of hydrogen-bond donors (Lipinski definition) is 2. The third-order valence-electron chi connectivity index (χ3n) is 4.09. The van der Waals surface area contributed by atoms with E-state index in [1.165, 1.54) is 6.92 Å². The van der Waals surface area contributed by atoms with Crippen molar-refractivity contribution >= 4 is 22.5 Å². The zero-order valence-corrected chi connectivity index (χ0v) is 14.2. The molecular weight excluding hydrogens is 314 g/mol. The average molecular weight is 333 g/mol. The molecule has 0 radical (unpaired) electrons. The van der Waals surface area contributed by atoms with E-state index in [1.54, 1.807) is 7.11 Å². The molecule has 126 valence electrons. The Bertz CT molecular complexity index is 949. The molecule has 2 N–H and O–H groups in total. The Morgan fingerprint density at radius 1 is 1.24 bits per heavy atom. The van der Waals surface area contributed by atoms with Crippen molar-refractivity contribution in [1.29, 1.82) is 5.26 Å². The maximum Gasteiger partial charge on any atom is 0.221 e. The zero-order chi connectivity index (χ0) is 17.8. The van der Waals surface area contributed by atoms with Crippen LogP contribution in [0.4, 0.5) is 5.69 Å². The van der Waals surface area contributed by atoms with Crippen LogP contribution in [0.3, 0.4) is 0 Å². The molecule has 1 amide bonds. The Morgan fingerprint density at radius 3 is 2.64 bits per heavy atom. The molecule has 3 aromatic rings. The lowest BCUT2D eigenvalue weighted by atomic mass is 10.0. The molecule has 0 aliphatic heterocycles. The highest BCUT2D eigenvalue weighted by molar-refractivity contribution is 5.92. The SMILES string of the molecule is COc1ccc2c(CCC#N)c(-c3ccc(NC(C)=O)cc3)[nH]c2c1. The van der Waals surface area contributed by atoms with Crippen LogP contribution in [-0.2, 0) is 11.2 Å². The zero-order valence-electron chi connectivity index (χ0n) is 14.2. The van der Waals surface area contributed by atoms with Crippen molar-refractivity contribution in [3.05, 3.63) is 48.0 Å². The number of rotatable bonds is 5. The summed E-state index contributed by atoms with van der Waals surface area (Å²) in [5.41, 5.74) is 4.86. The first-order chi connectivity index (χ1) is 12.1. The number of H-pyrrole nitrogens is 1. The molecule has 0 saturated carbocycles. The molecule has 5 heteroatoms. The van der Waals surface area contributed by atoms with E-state index >= 15 is 0 Å². The molecule has 0 aliphatic rings. The Labute approximate surface area is 146 Å². The summed E-state index contributed by atoms with van der Waals surface area (Å²) in [6, 6.07) is 15.8. The van der Waals surface area contributed by atoms with E-state index in [0.717, 1.165) is 39.2 Å². The second-order valence-electron chi connectivity index (χ2n) is 5.81. The van der Waals surface area contributed by atoms with Gasteiger partial charge >= 0.3 is 0 Å². The summed E-state index contributed by atoms with van der Waals surface area (Å²) in [5, 5.41) is 12.8. The summed E-state index contributed by atoms with van der Waals surface area (Å²) >= 11 is 0. The molecule has 2 aromatic carbocycles. The normalized spacial score (nSPS) is 10.4. The molecule has 0 atom stereocenters. The Kier molecular flexibility index (Phi) is 4.71. The van der Waals surface area contributed by atoms with Gasteiger partial charge in [-0.1, -0.05) is 12.1 Å². The largest absolute Gasteiger partial charge is 0.497 e. The molecule has 0 saturated heterocycles. The van der Waals surface area contributed by atoms with E-state index in [4.69, 9.17) is 10.00 Å². The molecule has 5 nitrogen and oxygen atoms in total. The fraction of sp³-hybridized carbons (Fsp3) is 0.200. The molecule has 1 heterocycles. The van der Waals surface area contributed by atoms with Gasteiger partial charge < -0.3 is 15.0 Å². The van der Waals surface area contributed by atoms with Crippen LogP contribution in [0.5, 0.6) is 5.75 Å². The van der Waals surface area contributed by atoms with Gasteiger partial charge in [0.15, 0.2) is 0 Å². The van der Waals surface area contributed by atoms with Crippen LogP contribution in [0.15, 0.2) is 42.5 Å².